The summed E-state index contributed by atoms with van der Waals surface area (Å²) in [7, 11) is 0. The highest BCUT2D eigenvalue weighted by molar-refractivity contribution is 6.15. The van der Waals surface area contributed by atoms with Crippen LogP contribution in [0.2, 0.25) is 0 Å². The number of esters is 1. The van der Waals surface area contributed by atoms with Gasteiger partial charge in [0.2, 0.25) is 5.78 Å². The van der Waals surface area contributed by atoms with Gasteiger partial charge in [0.15, 0.2) is 5.76 Å². The smallest absolute Gasteiger partial charge is 0.343 e. The molecule has 3 aromatic carbocycles. The number of Topliss-reactive ketones (excluding diaryl/α,β-unsaturated/α-hetero) is 1. The molecule has 0 atom stereocenters. The third kappa shape index (κ3) is 3.67. The van der Waals surface area contributed by atoms with Crippen LogP contribution in [-0.4, -0.2) is 11.8 Å². The molecule has 0 radical (unpaired) electrons. The Hall–Kier alpha value is -3.73. The molecule has 0 aromatic heterocycles. The highest BCUT2D eigenvalue weighted by Gasteiger charge is 2.30. The van der Waals surface area contributed by atoms with Crippen molar-refractivity contribution in [3.05, 3.63) is 100 Å². The number of aryl methyl sites for hydroxylation is 1. The minimum atomic E-state index is -0.618. The molecule has 0 saturated heterocycles. The molecule has 0 fully saturated rings. The van der Waals surface area contributed by atoms with Gasteiger partial charge in [-0.05, 0) is 61.9 Å². The molecule has 0 N–H and O–H groups in total. The topological polar surface area (TPSA) is 52.6 Å². The first-order valence-electron chi connectivity index (χ1n) is 9.04. The van der Waals surface area contributed by atoms with E-state index in [0.717, 1.165) is 11.1 Å². The van der Waals surface area contributed by atoms with Crippen LogP contribution >= 0.6 is 0 Å². The minimum Gasteiger partial charge on any atom is -0.452 e. The Morgan fingerprint density at radius 1 is 0.966 bits per heavy atom. The van der Waals surface area contributed by atoms with E-state index in [-0.39, 0.29) is 22.9 Å². The van der Waals surface area contributed by atoms with Gasteiger partial charge in [0.1, 0.15) is 17.3 Å². The predicted octanol–water partition coefficient (Wildman–Crippen LogP) is 5.28. The third-order valence-electron chi connectivity index (χ3n) is 4.69. The molecule has 1 aliphatic heterocycles. The number of fused-ring (bicyclic) bond motifs is 1. The van der Waals surface area contributed by atoms with E-state index in [4.69, 9.17) is 9.47 Å². The minimum absolute atomic E-state index is 0.217. The van der Waals surface area contributed by atoms with Gasteiger partial charge in [-0.25, -0.2) is 9.18 Å². The van der Waals surface area contributed by atoms with Crippen molar-refractivity contribution in [2.75, 3.05) is 0 Å². The molecule has 3 aromatic rings. The van der Waals surface area contributed by atoms with Crippen LogP contribution in [0.1, 0.15) is 37.4 Å². The van der Waals surface area contributed by atoms with Crippen molar-refractivity contribution >= 4 is 17.8 Å². The lowest BCUT2D eigenvalue weighted by Gasteiger charge is -2.10. The largest absolute Gasteiger partial charge is 0.452 e. The molecule has 29 heavy (non-hydrogen) atoms. The number of rotatable bonds is 3. The van der Waals surface area contributed by atoms with Crippen molar-refractivity contribution in [3.8, 4) is 11.5 Å². The van der Waals surface area contributed by atoms with Gasteiger partial charge in [0.05, 0.1) is 11.1 Å². The quantitative estimate of drug-likeness (QED) is 0.348. The van der Waals surface area contributed by atoms with E-state index in [9.17, 15) is 14.0 Å². The molecule has 144 valence electrons. The second-order valence-electron chi connectivity index (χ2n) is 6.81. The van der Waals surface area contributed by atoms with Crippen molar-refractivity contribution < 1.29 is 23.5 Å². The molecule has 4 rings (SSSR count). The zero-order valence-electron chi connectivity index (χ0n) is 15.9. The van der Waals surface area contributed by atoms with E-state index < -0.39 is 11.8 Å². The van der Waals surface area contributed by atoms with Crippen molar-refractivity contribution in [3.63, 3.8) is 0 Å². The van der Waals surface area contributed by atoms with Gasteiger partial charge >= 0.3 is 5.97 Å². The molecular formula is C24H17FO4. The van der Waals surface area contributed by atoms with Crippen LogP contribution in [-0.2, 0) is 0 Å². The summed E-state index contributed by atoms with van der Waals surface area (Å²) in [6, 6.07) is 15.9. The van der Waals surface area contributed by atoms with E-state index in [1.54, 1.807) is 25.1 Å². The van der Waals surface area contributed by atoms with Crippen LogP contribution in [0.25, 0.3) is 6.08 Å². The van der Waals surface area contributed by atoms with E-state index in [1.165, 1.54) is 24.3 Å². The number of benzene rings is 3. The van der Waals surface area contributed by atoms with Gasteiger partial charge in [0, 0.05) is 5.56 Å². The number of ether oxygens (including phenoxy) is 2. The molecule has 0 aliphatic carbocycles. The number of hydrogen-bond donors (Lipinski definition) is 0. The van der Waals surface area contributed by atoms with Crippen LogP contribution in [0.4, 0.5) is 4.39 Å². The van der Waals surface area contributed by atoms with Gasteiger partial charge in [-0.1, -0.05) is 29.8 Å². The molecule has 5 heteroatoms. The number of carbonyl (C=O) groups is 2. The van der Waals surface area contributed by atoms with Crippen LogP contribution < -0.4 is 9.47 Å². The van der Waals surface area contributed by atoms with Crippen LogP contribution in [0, 0.1) is 19.7 Å². The zero-order chi connectivity index (χ0) is 20.5. The van der Waals surface area contributed by atoms with Crippen molar-refractivity contribution in [1.29, 1.82) is 0 Å². The SMILES string of the molecule is Cc1ccc(/C=C2\Oc3c(ccc(OC(=O)c4ccc(F)cc4)c3C)C2=O)cc1. The fourth-order valence-corrected chi connectivity index (χ4v) is 3.04. The van der Waals surface area contributed by atoms with E-state index in [0.29, 0.717) is 16.9 Å². The highest BCUT2D eigenvalue weighted by atomic mass is 19.1. The fraction of sp³-hybridized carbons (Fsp3) is 0.0833. The normalized spacial score (nSPS) is 13.9. The summed E-state index contributed by atoms with van der Waals surface area (Å²) in [5.74, 6) is -0.405. The third-order valence-corrected chi connectivity index (χ3v) is 4.69. The number of ketones is 1. The molecule has 0 saturated carbocycles. The summed E-state index contributed by atoms with van der Waals surface area (Å²) < 4.78 is 24.3. The average Bonchev–Trinajstić information content (AvgIpc) is 3.03. The van der Waals surface area contributed by atoms with Crippen molar-refractivity contribution in [1.82, 2.24) is 0 Å². The second kappa shape index (κ2) is 7.36. The number of carbonyl (C=O) groups excluding carboxylic acids is 2. The first-order valence-corrected chi connectivity index (χ1v) is 9.04. The van der Waals surface area contributed by atoms with Crippen LogP contribution in [0.3, 0.4) is 0 Å². The van der Waals surface area contributed by atoms with E-state index in [1.807, 2.05) is 31.2 Å². The molecule has 1 heterocycles. The first kappa shape index (κ1) is 18.6. The molecule has 0 spiro atoms. The van der Waals surface area contributed by atoms with Crippen LogP contribution in [0.15, 0.2) is 66.4 Å². The van der Waals surface area contributed by atoms with Crippen LogP contribution in [0.5, 0.6) is 11.5 Å². The summed E-state index contributed by atoms with van der Waals surface area (Å²) in [5, 5.41) is 0. The maximum Gasteiger partial charge on any atom is 0.343 e. The maximum absolute atomic E-state index is 13.0. The first-order chi connectivity index (χ1) is 13.9. The maximum atomic E-state index is 13.0. The van der Waals surface area contributed by atoms with Crippen molar-refractivity contribution in [2.24, 2.45) is 0 Å². The summed E-state index contributed by atoms with van der Waals surface area (Å²) in [4.78, 5) is 25.0. The summed E-state index contributed by atoms with van der Waals surface area (Å²) in [5.41, 5.74) is 3.16. The molecule has 4 nitrogen and oxygen atoms in total. The standard InChI is InChI=1S/C24H17FO4/c1-14-3-5-16(6-4-14)13-21-22(26)19-11-12-20(15(2)23(19)28-21)29-24(27)17-7-9-18(25)10-8-17/h3-13H,1-2H3/b21-13-. The average molecular weight is 388 g/mol. The Kier molecular flexibility index (Phi) is 4.72. The van der Waals surface area contributed by atoms with E-state index >= 15 is 0 Å². The Morgan fingerprint density at radius 2 is 1.66 bits per heavy atom. The van der Waals surface area contributed by atoms with Gasteiger partial charge in [-0.15, -0.1) is 0 Å². The van der Waals surface area contributed by atoms with Gasteiger partial charge in [0.25, 0.3) is 0 Å². The lowest BCUT2D eigenvalue weighted by Crippen LogP contribution is -2.09. The van der Waals surface area contributed by atoms with Crippen molar-refractivity contribution in [2.45, 2.75) is 13.8 Å². The monoisotopic (exact) mass is 388 g/mol. The molecule has 0 unspecified atom stereocenters. The highest BCUT2D eigenvalue weighted by Crippen LogP contribution is 2.39. The number of hydrogen-bond acceptors (Lipinski definition) is 4. The lowest BCUT2D eigenvalue weighted by atomic mass is 10.1. The molecule has 0 amide bonds. The molecule has 0 bridgehead atoms. The summed E-state index contributed by atoms with van der Waals surface area (Å²) in [6.45, 7) is 3.70. The van der Waals surface area contributed by atoms with Gasteiger partial charge in [-0.3, -0.25) is 4.79 Å². The summed E-state index contributed by atoms with van der Waals surface area (Å²) >= 11 is 0. The predicted molar refractivity (Wildman–Crippen MR) is 107 cm³/mol. The molecule has 1 aliphatic rings. The summed E-state index contributed by atoms with van der Waals surface area (Å²) in [6.07, 6.45) is 1.69. The Labute approximate surface area is 167 Å². The van der Waals surface area contributed by atoms with Gasteiger partial charge in [-0.2, -0.15) is 0 Å². The number of halogens is 1. The Bertz CT molecular complexity index is 1140. The fourth-order valence-electron chi connectivity index (χ4n) is 3.04. The second-order valence-corrected chi connectivity index (χ2v) is 6.81. The zero-order valence-corrected chi connectivity index (χ0v) is 15.9. The number of allylic oxidation sites excluding steroid dienone is 1. The Balaban J connectivity index is 1.60. The van der Waals surface area contributed by atoms with E-state index in [2.05, 4.69) is 0 Å². The molecular weight excluding hydrogens is 371 g/mol. The Morgan fingerprint density at radius 3 is 2.34 bits per heavy atom. The van der Waals surface area contributed by atoms with Gasteiger partial charge < -0.3 is 9.47 Å². The lowest BCUT2D eigenvalue weighted by molar-refractivity contribution is 0.0733.